The third kappa shape index (κ3) is 63.2. The van der Waals surface area contributed by atoms with Crippen molar-refractivity contribution in [2.24, 2.45) is 0 Å². The highest BCUT2D eigenvalue weighted by Crippen LogP contribution is 2.16. The summed E-state index contributed by atoms with van der Waals surface area (Å²) < 4.78 is 17.0. The number of carbonyl (C=O) groups is 3. The lowest BCUT2D eigenvalue weighted by atomic mass is 10.1. The van der Waals surface area contributed by atoms with Gasteiger partial charge in [-0.1, -0.05) is 279 Å². The monoisotopic (exact) mass is 1080 g/mol. The molecule has 0 rings (SSSR count). The summed E-state index contributed by atoms with van der Waals surface area (Å²) in [4.78, 5) is 38.4. The standard InChI is InChI=1S/C72H124O6/c1-4-7-10-13-16-19-22-25-28-31-34-35-36-37-39-41-44-47-50-53-56-59-62-65-71(74)77-68-69(67-76-70(73)64-61-58-55-52-49-46-43-40-33-30-27-24-21-18-15-12-9-6-3)78-72(75)66-63-60-57-54-51-48-45-42-38-32-29-26-23-20-17-14-11-8-5-2/h8,11,17,20,22,25-26,29-31,33-34,36-38,42,69H,4-7,9-10,12-16,18-19,21,23-24,27-28,32,35,39-41,43-68H2,1-3H3/b11-8-,20-17-,25-22-,29-26-,33-30-,34-31-,37-36-,42-38-. The Morgan fingerprint density at radius 3 is 0.795 bits per heavy atom. The summed E-state index contributed by atoms with van der Waals surface area (Å²) in [5.41, 5.74) is 0. The van der Waals surface area contributed by atoms with Crippen LogP contribution in [0.2, 0.25) is 0 Å². The fraction of sp³-hybridized carbons (Fsp3) is 0.736. The lowest BCUT2D eigenvalue weighted by molar-refractivity contribution is -0.167. The van der Waals surface area contributed by atoms with Gasteiger partial charge in [0.15, 0.2) is 6.10 Å². The quantitative estimate of drug-likeness (QED) is 0.0261. The average molecular weight is 1090 g/mol. The van der Waals surface area contributed by atoms with Gasteiger partial charge in [0.2, 0.25) is 0 Å². The van der Waals surface area contributed by atoms with Crippen molar-refractivity contribution < 1.29 is 28.6 Å². The molecule has 0 N–H and O–H groups in total. The van der Waals surface area contributed by atoms with Gasteiger partial charge in [0, 0.05) is 19.3 Å². The van der Waals surface area contributed by atoms with Crippen molar-refractivity contribution in [1.29, 1.82) is 0 Å². The van der Waals surface area contributed by atoms with Crippen LogP contribution in [-0.2, 0) is 28.6 Å². The van der Waals surface area contributed by atoms with Gasteiger partial charge in [0.1, 0.15) is 13.2 Å². The highest BCUT2D eigenvalue weighted by Gasteiger charge is 2.19. The summed E-state index contributed by atoms with van der Waals surface area (Å²) in [5, 5.41) is 0. The summed E-state index contributed by atoms with van der Waals surface area (Å²) in [6.45, 7) is 6.52. The second-order valence-electron chi connectivity index (χ2n) is 22.0. The number of rotatable bonds is 60. The number of carbonyl (C=O) groups excluding carboxylic acids is 3. The number of hydrogen-bond donors (Lipinski definition) is 0. The molecular weight excluding hydrogens is 961 g/mol. The first-order valence-electron chi connectivity index (χ1n) is 33.2. The molecule has 0 aliphatic rings. The maximum atomic E-state index is 12.9. The summed E-state index contributed by atoms with van der Waals surface area (Å²) in [5.74, 6) is -0.901. The van der Waals surface area contributed by atoms with E-state index >= 15 is 0 Å². The molecule has 0 saturated heterocycles. The van der Waals surface area contributed by atoms with Crippen LogP contribution >= 0.6 is 0 Å². The van der Waals surface area contributed by atoms with E-state index in [-0.39, 0.29) is 31.1 Å². The largest absolute Gasteiger partial charge is 0.462 e. The van der Waals surface area contributed by atoms with Crippen LogP contribution in [0.15, 0.2) is 97.2 Å². The Morgan fingerprint density at radius 1 is 0.269 bits per heavy atom. The molecule has 0 amide bonds. The molecule has 6 nitrogen and oxygen atoms in total. The van der Waals surface area contributed by atoms with Gasteiger partial charge < -0.3 is 14.2 Å². The van der Waals surface area contributed by atoms with Crippen molar-refractivity contribution in [1.82, 2.24) is 0 Å². The second-order valence-corrected chi connectivity index (χ2v) is 22.0. The molecule has 0 bridgehead atoms. The van der Waals surface area contributed by atoms with Crippen LogP contribution in [0.4, 0.5) is 0 Å². The number of ether oxygens (including phenoxy) is 3. The van der Waals surface area contributed by atoms with Crippen molar-refractivity contribution in [3.63, 3.8) is 0 Å². The Kier molecular flexibility index (Phi) is 62.7. The smallest absolute Gasteiger partial charge is 0.306 e. The maximum Gasteiger partial charge on any atom is 0.306 e. The molecule has 0 aromatic heterocycles. The van der Waals surface area contributed by atoms with Crippen LogP contribution in [0.1, 0.15) is 323 Å². The first-order valence-corrected chi connectivity index (χ1v) is 33.2. The van der Waals surface area contributed by atoms with Gasteiger partial charge in [0.05, 0.1) is 0 Å². The molecule has 0 aromatic carbocycles. The number of allylic oxidation sites excluding steroid dienone is 16. The molecule has 1 atom stereocenters. The average Bonchev–Trinajstić information content (AvgIpc) is 3.44. The molecule has 0 spiro atoms. The molecule has 0 fully saturated rings. The van der Waals surface area contributed by atoms with Gasteiger partial charge in [-0.2, -0.15) is 0 Å². The van der Waals surface area contributed by atoms with Crippen LogP contribution in [-0.4, -0.2) is 37.2 Å². The SMILES string of the molecule is CC/C=C\C/C=C\C/C=C\C/C=C\CCCCCCCCC(=O)OC(COC(=O)CCCCCCCCC/C=C\CCCCCCCCC)COC(=O)CCCCCCCCCC/C=C\C/C=C\C/C=C\CCCCCCC. The van der Waals surface area contributed by atoms with Crippen molar-refractivity contribution in [2.45, 2.75) is 329 Å². The minimum absolute atomic E-state index is 0.0876. The molecule has 1 unspecified atom stereocenters. The Morgan fingerprint density at radius 2 is 0.500 bits per heavy atom. The zero-order chi connectivity index (χ0) is 56.4. The Labute approximate surface area is 483 Å². The topological polar surface area (TPSA) is 78.9 Å². The van der Waals surface area contributed by atoms with E-state index < -0.39 is 6.10 Å². The summed E-state index contributed by atoms with van der Waals surface area (Å²) in [6.07, 6.45) is 88.4. The summed E-state index contributed by atoms with van der Waals surface area (Å²) in [7, 11) is 0. The molecule has 0 radical (unpaired) electrons. The molecule has 448 valence electrons. The number of hydrogen-bond acceptors (Lipinski definition) is 6. The fourth-order valence-corrected chi connectivity index (χ4v) is 9.32. The molecule has 0 aliphatic carbocycles. The fourth-order valence-electron chi connectivity index (χ4n) is 9.32. The van der Waals surface area contributed by atoms with Crippen molar-refractivity contribution >= 4 is 17.9 Å². The van der Waals surface area contributed by atoms with Crippen LogP contribution in [0.25, 0.3) is 0 Å². The lowest BCUT2D eigenvalue weighted by Gasteiger charge is -2.18. The van der Waals surface area contributed by atoms with Crippen molar-refractivity contribution in [3.8, 4) is 0 Å². The van der Waals surface area contributed by atoms with Crippen LogP contribution in [0, 0.1) is 0 Å². The third-order valence-electron chi connectivity index (χ3n) is 14.3. The van der Waals surface area contributed by atoms with E-state index in [1.54, 1.807) is 0 Å². The molecule has 6 heteroatoms. The van der Waals surface area contributed by atoms with Gasteiger partial charge in [-0.25, -0.2) is 0 Å². The maximum absolute atomic E-state index is 12.9. The highest BCUT2D eigenvalue weighted by molar-refractivity contribution is 5.71. The minimum Gasteiger partial charge on any atom is -0.462 e. The molecule has 0 aromatic rings. The van der Waals surface area contributed by atoms with E-state index in [4.69, 9.17) is 14.2 Å². The summed E-state index contributed by atoms with van der Waals surface area (Å²) in [6, 6.07) is 0. The van der Waals surface area contributed by atoms with E-state index in [9.17, 15) is 14.4 Å². The van der Waals surface area contributed by atoms with Gasteiger partial charge in [-0.15, -0.1) is 0 Å². The van der Waals surface area contributed by atoms with Crippen LogP contribution in [0.5, 0.6) is 0 Å². The van der Waals surface area contributed by atoms with Crippen molar-refractivity contribution in [3.05, 3.63) is 97.2 Å². The zero-order valence-corrected chi connectivity index (χ0v) is 51.4. The lowest BCUT2D eigenvalue weighted by Crippen LogP contribution is -2.30. The number of unbranched alkanes of at least 4 members (excludes halogenated alkanes) is 33. The van der Waals surface area contributed by atoms with Crippen LogP contribution < -0.4 is 0 Å². The van der Waals surface area contributed by atoms with E-state index in [0.29, 0.717) is 19.3 Å². The predicted octanol–water partition coefficient (Wildman–Crippen LogP) is 22.8. The van der Waals surface area contributed by atoms with Gasteiger partial charge in [0.25, 0.3) is 0 Å². The van der Waals surface area contributed by atoms with Gasteiger partial charge in [-0.3, -0.25) is 14.4 Å². The Balaban J connectivity index is 4.42. The zero-order valence-electron chi connectivity index (χ0n) is 51.4. The Bertz CT molecular complexity index is 1530. The highest BCUT2D eigenvalue weighted by atomic mass is 16.6. The van der Waals surface area contributed by atoms with E-state index in [1.165, 1.54) is 167 Å². The van der Waals surface area contributed by atoms with E-state index in [2.05, 4.69) is 118 Å². The van der Waals surface area contributed by atoms with E-state index in [0.717, 1.165) is 116 Å². The van der Waals surface area contributed by atoms with Crippen LogP contribution in [0.3, 0.4) is 0 Å². The minimum atomic E-state index is -0.793. The molecule has 78 heavy (non-hydrogen) atoms. The molecule has 0 saturated carbocycles. The van der Waals surface area contributed by atoms with Gasteiger partial charge >= 0.3 is 17.9 Å². The molecule has 0 heterocycles. The normalized spacial score (nSPS) is 12.7. The molecular formula is C72H124O6. The number of esters is 3. The summed E-state index contributed by atoms with van der Waals surface area (Å²) >= 11 is 0. The van der Waals surface area contributed by atoms with Crippen molar-refractivity contribution in [2.75, 3.05) is 13.2 Å². The molecule has 0 aliphatic heterocycles. The third-order valence-corrected chi connectivity index (χ3v) is 14.3. The van der Waals surface area contributed by atoms with E-state index in [1.807, 2.05) is 0 Å². The second kappa shape index (κ2) is 65.8. The van der Waals surface area contributed by atoms with Gasteiger partial charge in [-0.05, 0) is 122 Å². The first kappa shape index (κ1) is 74.3. The Hall–Kier alpha value is -3.67. The predicted molar refractivity (Wildman–Crippen MR) is 339 cm³/mol. The first-order chi connectivity index (χ1) is 38.5.